The number of piperazine rings is 1. The van der Waals surface area contributed by atoms with Crippen molar-refractivity contribution < 1.29 is 18.1 Å². The summed E-state index contributed by atoms with van der Waals surface area (Å²) in [7, 11) is -3.00. The van der Waals surface area contributed by atoms with Gasteiger partial charge in [0.25, 0.3) is 11.6 Å². The predicted molar refractivity (Wildman–Crippen MR) is 102 cm³/mol. The number of carbonyl (C=O) groups is 1. The van der Waals surface area contributed by atoms with Crippen LogP contribution in [0.25, 0.3) is 5.69 Å². The SMILES string of the molecule is CS(=O)(=O)CCN1CCN(C(=O)c2cnn(-c3ccc([N+](=O)[O-])cc3)c2)CC1. The van der Waals surface area contributed by atoms with Gasteiger partial charge in [-0.1, -0.05) is 0 Å². The van der Waals surface area contributed by atoms with Crippen LogP contribution in [0.4, 0.5) is 5.69 Å². The molecule has 0 saturated carbocycles. The topological polar surface area (TPSA) is 119 Å². The van der Waals surface area contributed by atoms with Gasteiger partial charge in [-0.25, -0.2) is 13.1 Å². The molecule has 150 valence electrons. The third-order valence-corrected chi connectivity index (χ3v) is 5.52. The first-order valence-corrected chi connectivity index (χ1v) is 10.8. The van der Waals surface area contributed by atoms with Crippen molar-refractivity contribution in [2.75, 3.05) is 44.7 Å². The fraction of sp³-hybridized carbons (Fsp3) is 0.412. The van der Waals surface area contributed by atoms with Crippen LogP contribution >= 0.6 is 0 Å². The van der Waals surface area contributed by atoms with E-state index in [-0.39, 0.29) is 17.3 Å². The van der Waals surface area contributed by atoms with Crippen molar-refractivity contribution in [3.05, 3.63) is 52.3 Å². The lowest BCUT2D eigenvalue weighted by Crippen LogP contribution is -2.49. The highest BCUT2D eigenvalue weighted by molar-refractivity contribution is 7.90. The van der Waals surface area contributed by atoms with E-state index in [4.69, 9.17) is 0 Å². The lowest BCUT2D eigenvalue weighted by molar-refractivity contribution is -0.384. The average molecular weight is 407 g/mol. The molecule has 28 heavy (non-hydrogen) atoms. The molecule has 2 aromatic rings. The molecule has 0 N–H and O–H groups in total. The smallest absolute Gasteiger partial charge is 0.269 e. The van der Waals surface area contributed by atoms with Gasteiger partial charge in [0.15, 0.2) is 0 Å². The molecule has 1 saturated heterocycles. The molecule has 1 aromatic carbocycles. The first-order chi connectivity index (χ1) is 13.2. The van der Waals surface area contributed by atoms with Crippen LogP contribution in [-0.4, -0.2) is 83.6 Å². The summed E-state index contributed by atoms with van der Waals surface area (Å²) in [6, 6.07) is 5.91. The Hall–Kier alpha value is -2.79. The van der Waals surface area contributed by atoms with Gasteiger partial charge in [-0.15, -0.1) is 0 Å². The van der Waals surface area contributed by atoms with Crippen molar-refractivity contribution in [2.45, 2.75) is 0 Å². The standard InChI is InChI=1S/C17H21N5O5S/c1-28(26,27)11-10-19-6-8-20(9-7-19)17(23)14-12-18-21(13-14)15-2-4-16(5-3-15)22(24)25/h2-5,12-13H,6-11H2,1H3. The molecule has 1 aliphatic rings. The molecular weight excluding hydrogens is 386 g/mol. The number of hydrogen-bond acceptors (Lipinski definition) is 7. The minimum atomic E-state index is -3.00. The molecule has 0 unspecified atom stereocenters. The molecule has 10 nitrogen and oxygen atoms in total. The van der Waals surface area contributed by atoms with Crippen molar-refractivity contribution in [3.8, 4) is 5.69 Å². The zero-order valence-electron chi connectivity index (χ0n) is 15.4. The lowest BCUT2D eigenvalue weighted by atomic mass is 10.2. The maximum absolute atomic E-state index is 12.7. The van der Waals surface area contributed by atoms with Gasteiger partial charge in [0, 0.05) is 57.3 Å². The van der Waals surface area contributed by atoms with Crippen molar-refractivity contribution in [2.24, 2.45) is 0 Å². The normalized spacial score (nSPS) is 15.5. The predicted octanol–water partition coefficient (Wildman–Crippen LogP) is 0.583. The minimum Gasteiger partial charge on any atom is -0.336 e. The van der Waals surface area contributed by atoms with Gasteiger partial charge < -0.3 is 4.90 Å². The molecule has 1 amide bonds. The van der Waals surface area contributed by atoms with Gasteiger partial charge in [0.1, 0.15) is 9.84 Å². The first-order valence-electron chi connectivity index (χ1n) is 8.72. The summed E-state index contributed by atoms with van der Waals surface area (Å²) >= 11 is 0. The maximum Gasteiger partial charge on any atom is 0.269 e. The quantitative estimate of drug-likeness (QED) is 0.508. The van der Waals surface area contributed by atoms with Crippen LogP contribution in [0.1, 0.15) is 10.4 Å². The van der Waals surface area contributed by atoms with Gasteiger partial charge in [-0.3, -0.25) is 19.8 Å². The molecule has 1 fully saturated rings. The molecule has 11 heteroatoms. The Kier molecular flexibility index (Phi) is 5.75. The summed E-state index contributed by atoms with van der Waals surface area (Å²) < 4.78 is 24.0. The molecule has 2 heterocycles. The van der Waals surface area contributed by atoms with E-state index >= 15 is 0 Å². The van der Waals surface area contributed by atoms with E-state index in [0.717, 1.165) is 0 Å². The van der Waals surface area contributed by atoms with Crippen LogP contribution in [-0.2, 0) is 9.84 Å². The summed E-state index contributed by atoms with van der Waals surface area (Å²) in [5.41, 5.74) is 1.04. The Morgan fingerprint density at radius 3 is 2.39 bits per heavy atom. The minimum absolute atomic E-state index is 0.0130. The number of aromatic nitrogens is 2. The van der Waals surface area contributed by atoms with E-state index in [1.54, 1.807) is 23.2 Å². The fourth-order valence-corrected chi connectivity index (χ4v) is 3.54. The third kappa shape index (κ3) is 4.93. The van der Waals surface area contributed by atoms with Crippen LogP contribution < -0.4 is 0 Å². The number of nitro benzene ring substituents is 1. The van der Waals surface area contributed by atoms with Gasteiger partial charge in [-0.05, 0) is 12.1 Å². The Morgan fingerprint density at radius 1 is 1.18 bits per heavy atom. The van der Waals surface area contributed by atoms with E-state index in [2.05, 4.69) is 5.10 Å². The Labute approximate surface area is 162 Å². The first kappa shape index (κ1) is 20.0. The molecular formula is C17H21N5O5S. The second-order valence-corrected chi connectivity index (χ2v) is 8.97. The number of hydrogen-bond donors (Lipinski definition) is 0. The number of sulfone groups is 1. The maximum atomic E-state index is 12.7. The van der Waals surface area contributed by atoms with Crippen LogP contribution in [0, 0.1) is 10.1 Å². The second-order valence-electron chi connectivity index (χ2n) is 6.71. The number of benzene rings is 1. The summed E-state index contributed by atoms with van der Waals surface area (Å²) in [6.45, 7) is 2.76. The highest BCUT2D eigenvalue weighted by atomic mass is 32.2. The Bertz CT molecular complexity index is 962. The summed E-state index contributed by atoms with van der Waals surface area (Å²) in [6.07, 6.45) is 4.29. The Morgan fingerprint density at radius 2 is 1.82 bits per heavy atom. The molecule has 0 radical (unpaired) electrons. The zero-order chi connectivity index (χ0) is 20.3. The summed E-state index contributed by atoms with van der Waals surface area (Å²) in [4.78, 5) is 26.7. The van der Waals surface area contributed by atoms with Crippen LogP contribution in [0.15, 0.2) is 36.7 Å². The van der Waals surface area contributed by atoms with Crippen LogP contribution in [0.5, 0.6) is 0 Å². The second kappa shape index (κ2) is 8.07. The third-order valence-electron chi connectivity index (χ3n) is 4.59. The monoisotopic (exact) mass is 407 g/mol. The number of amides is 1. The number of rotatable bonds is 6. The molecule has 0 aliphatic carbocycles. The van der Waals surface area contributed by atoms with Gasteiger partial charge in [-0.2, -0.15) is 5.10 Å². The van der Waals surface area contributed by atoms with Gasteiger partial charge in [0.05, 0.1) is 28.1 Å². The van der Waals surface area contributed by atoms with E-state index in [0.29, 0.717) is 44.0 Å². The van der Waals surface area contributed by atoms with Gasteiger partial charge >= 0.3 is 0 Å². The fourth-order valence-electron chi connectivity index (χ4n) is 2.95. The van der Waals surface area contributed by atoms with Crippen molar-refractivity contribution >= 4 is 21.4 Å². The van der Waals surface area contributed by atoms with Crippen LogP contribution in [0.2, 0.25) is 0 Å². The average Bonchev–Trinajstić information content (AvgIpc) is 3.16. The van der Waals surface area contributed by atoms with Crippen molar-refractivity contribution in [1.82, 2.24) is 19.6 Å². The number of carbonyl (C=O) groups excluding carboxylic acids is 1. The highest BCUT2D eigenvalue weighted by Crippen LogP contribution is 2.16. The van der Waals surface area contributed by atoms with E-state index in [9.17, 15) is 23.3 Å². The van der Waals surface area contributed by atoms with Crippen LogP contribution in [0.3, 0.4) is 0 Å². The zero-order valence-corrected chi connectivity index (χ0v) is 16.2. The van der Waals surface area contributed by atoms with Crippen molar-refractivity contribution in [3.63, 3.8) is 0 Å². The summed E-state index contributed by atoms with van der Waals surface area (Å²) in [5.74, 6) is -0.0286. The molecule has 3 rings (SSSR count). The lowest BCUT2D eigenvalue weighted by Gasteiger charge is -2.34. The van der Waals surface area contributed by atoms with Crippen molar-refractivity contribution in [1.29, 1.82) is 0 Å². The molecule has 1 aromatic heterocycles. The van der Waals surface area contributed by atoms with E-state index in [1.165, 1.54) is 29.3 Å². The number of non-ortho nitro benzene ring substituents is 1. The molecule has 0 spiro atoms. The molecule has 1 aliphatic heterocycles. The highest BCUT2D eigenvalue weighted by Gasteiger charge is 2.23. The number of nitrogens with zero attached hydrogens (tertiary/aromatic N) is 5. The molecule has 0 bridgehead atoms. The summed E-state index contributed by atoms with van der Waals surface area (Å²) in [5, 5.41) is 14.9. The van der Waals surface area contributed by atoms with E-state index in [1.807, 2.05) is 4.90 Å². The Balaban J connectivity index is 1.59. The van der Waals surface area contributed by atoms with Gasteiger partial charge in [0.2, 0.25) is 0 Å². The number of nitro groups is 1. The largest absolute Gasteiger partial charge is 0.336 e. The molecule has 0 atom stereocenters. The van der Waals surface area contributed by atoms with E-state index < -0.39 is 14.8 Å².